The molecular weight excluding hydrogens is 1140 g/mol. The van der Waals surface area contributed by atoms with Crippen LogP contribution in [0.2, 0.25) is 0 Å². The van der Waals surface area contributed by atoms with Gasteiger partial charge in [-0.25, -0.2) is 0 Å². The maximum atomic E-state index is 15.2. The van der Waals surface area contributed by atoms with Crippen LogP contribution in [-0.4, -0.2) is 234 Å². The highest BCUT2D eigenvalue weighted by molar-refractivity contribution is 5.98. The van der Waals surface area contributed by atoms with Gasteiger partial charge in [-0.05, 0) is 108 Å². The highest BCUT2D eigenvalue weighted by Gasteiger charge is 2.46. The highest BCUT2D eigenvalue weighted by atomic mass is 19.4. The molecule has 4 aliphatic rings. The second-order valence-electron chi connectivity index (χ2n) is 26.6. The summed E-state index contributed by atoms with van der Waals surface area (Å²) in [5.41, 5.74) is 0. The first-order valence-electron chi connectivity index (χ1n) is 32.2. The van der Waals surface area contributed by atoms with Crippen LogP contribution in [-0.2, 0) is 52.7 Å². The number of nitrogens with zero attached hydrogens (tertiary/aromatic N) is 8. The molecule has 2 aliphatic heterocycles. The number of carbonyl (C=O) groups excluding carboxylic acids is 11. The number of likely N-dealkylation sites (N-methyl/N-ethyl adjacent to an activating group) is 7. The largest absolute Gasteiger partial charge is 0.391 e. The van der Waals surface area contributed by atoms with Crippen molar-refractivity contribution in [1.29, 1.82) is 0 Å². The Hall–Kier alpha value is -6.04. The van der Waals surface area contributed by atoms with Crippen LogP contribution in [0.25, 0.3) is 0 Å². The van der Waals surface area contributed by atoms with E-state index in [4.69, 9.17) is 0 Å². The van der Waals surface area contributed by atoms with Gasteiger partial charge in [-0.3, -0.25) is 52.7 Å². The molecule has 88 heavy (non-hydrogen) atoms. The molecule has 25 heteroatoms. The van der Waals surface area contributed by atoms with Gasteiger partial charge in [0.1, 0.15) is 42.3 Å². The summed E-state index contributed by atoms with van der Waals surface area (Å²) in [5, 5.41) is 8.52. The van der Waals surface area contributed by atoms with Gasteiger partial charge in [0.2, 0.25) is 65.0 Å². The molecule has 2 heterocycles. The summed E-state index contributed by atoms with van der Waals surface area (Å²) in [6.07, 6.45) is 2.64. The van der Waals surface area contributed by atoms with Crippen molar-refractivity contribution in [3.05, 3.63) is 0 Å². The molecule has 3 N–H and O–H groups in total. The van der Waals surface area contributed by atoms with Crippen molar-refractivity contribution in [3.8, 4) is 0 Å². The lowest BCUT2D eigenvalue weighted by molar-refractivity contribution is -0.184. The van der Waals surface area contributed by atoms with E-state index in [-0.39, 0.29) is 88.5 Å². The van der Waals surface area contributed by atoms with E-state index in [9.17, 15) is 51.5 Å². The topological polar surface area (TPSA) is 250 Å². The number of nitrogens with one attached hydrogen (secondary N) is 3. The fraction of sp³-hybridized carbons (Fsp3) is 0.825. The van der Waals surface area contributed by atoms with Gasteiger partial charge in [0, 0.05) is 68.3 Å². The Bertz CT molecular complexity index is 2440. The summed E-state index contributed by atoms with van der Waals surface area (Å²) in [7, 11) is 10.0. The van der Waals surface area contributed by atoms with Crippen molar-refractivity contribution >= 4 is 65.0 Å². The van der Waals surface area contributed by atoms with E-state index in [1.807, 2.05) is 27.7 Å². The third-order valence-electron chi connectivity index (χ3n) is 19.4. The molecule has 0 spiro atoms. The monoisotopic (exact) mass is 1250 g/mol. The molecule has 0 aromatic carbocycles. The number of carbonyl (C=O) groups is 11. The lowest BCUT2D eigenvalue weighted by Gasteiger charge is -2.39. The van der Waals surface area contributed by atoms with E-state index in [0.717, 1.165) is 46.8 Å². The van der Waals surface area contributed by atoms with Gasteiger partial charge in [-0.2, -0.15) is 13.2 Å². The van der Waals surface area contributed by atoms with Crippen LogP contribution in [0.4, 0.5) is 13.2 Å². The second-order valence-corrected chi connectivity index (χ2v) is 26.6. The Morgan fingerprint density at radius 3 is 1.68 bits per heavy atom. The lowest BCUT2D eigenvalue weighted by Crippen LogP contribution is -2.59. The van der Waals surface area contributed by atoms with Crippen LogP contribution in [0.1, 0.15) is 171 Å². The summed E-state index contributed by atoms with van der Waals surface area (Å²) >= 11 is 0. The Kier molecular flexibility index (Phi) is 28.5. The van der Waals surface area contributed by atoms with Crippen molar-refractivity contribution in [2.24, 2.45) is 35.5 Å². The maximum absolute atomic E-state index is 15.2. The molecular formula is C63H106F3N11O11. The zero-order chi connectivity index (χ0) is 66.2. The quantitative estimate of drug-likeness (QED) is 0.253. The van der Waals surface area contributed by atoms with Crippen molar-refractivity contribution in [2.75, 3.05) is 75.5 Å². The Labute approximate surface area is 520 Å². The minimum Gasteiger partial charge on any atom is -0.351 e. The van der Waals surface area contributed by atoms with Gasteiger partial charge < -0.3 is 55.1 Å². The molecule has 4 fully saturated rings. The van der Waals surface area contributed by atoms with Crippen LogP contribution >= 0.6 is 0 Å². The molecule has 4 rings (SSSR count). The van der Waals surface area contributed by atoms with Crippen LogP contribution in [0.5, 0.6) is 0 Å². The Balaban J connectivity index is 1.78. The van der Waals surface area contributed by atoms with Gasteiger partial charge in [-0.1, -0.05) is 86.5 Å². The molecule has 11 amide bonds. The van der Waals surface area contributed by atoms with Crippen LogP contribution < -0.4 is 16.0 Å². The number of halogens is 3. The maximum Gasteiger partial charge on any atom is 0.391 e. The molecule has 10 atom stereocenters. The van der Waals surface area contributed by atoms with Crippen LogP contribution in [0, 0.1) is 35.5 Å². The predicted octanol–water partition coefficient (Wildman–Crippen LogP) is 4.82. The number of fused-ring (bicyclic) bond motifs is 1. The molecule has 2 aliphatic carbocycles. The zero-order valence-corrected chi connectivity index (χ0v) is 55.3. The van der Waals surface area contributed by atoms with E-state index in [0.29, 0.717) is 19.3 Å². The molecule has 2 saturated carbocycles. The highest BCUT2D eigenvalue weighted by Crippen LogP contribution is 2.41. The van der Waals surface area contributed by atoms with Crippen molar-refractivity contribution in [1.82, 2.24) is 55.1 Å². The molecule has 22 nitrogen and oxygen atoms in total. The first-order chi connectivity index (χ1) is 41.1. The zero-order valence-electron chi connectivity index (χ0n) is 55.3. The fourth-order valence-electron chi connectivity index (χ4n) is 12.9. The number of hydrogen-bond donors (Lipinski definition) is 3. The summed E-state index contributed by atoms with van der Waals surface area (Å²) in [6, 6.07) is -8.58. The van der Waals surface area contributed by atoms with Crippen molar-refractivity contribution < 1.29 is 65.9 Å². The summed E-state index contributed by atoms with van der Waals surface area (Å²) < 4.78 is 41.2. The molecule has 0 bridgehead atoms. The normalized spacial score (nSPS) is 29.3. The van der Waals surface area contributed by atoms with Gasteiger partial charge in [0.25, 0.3) is 0 Å². The smallest absolute Gasteiger partial charge is 0.351 e. The van der Waals surface area contributed by atoms with Gasteiger partial charge in [0.05, 0.1) is 25.6 Å². The molecule has 2 saturated heterocycles. The third-order valence-corrected chi connectivity index (χ3v) is 19.4. The number of alkyl halides is 3. The standard InChI is InChI=1S/C63H106F3N11O11/c1-16-39(5)54-61(87)72(11)36-52(80)70(9)37-53(81)76(15)55(40(6)17-2)62(88)71(10)35-50(78)68-46(30-27-43-25-28-45(29-26-43)63(64,65)66)58(84)77-31-21-24-47(77)59(85)75(14)49(34-44-22-19-18-20-23-44)60(86)74(13)48(32-38(3)4)57(83)67-41(7)33-51(79)73(12)42(8)56(82)69-54/h38-49,54-55H,16-37H2,1-15H3,(H,67,83)(H,68,78)(H,69,82)/t39-,40-,41+,42-,43?,45?,46-,47-,48-,49-,54-,55-/m0/s1. The average molecular weight is 1250 g/mol. The lowest BCUT2D eigenvalue weighted by atomic mass is 9.79. The van der Waals surface area contributed by atoms with E-state index in [1.54, 1.807) is 20.8 Å². The summed E-state index contributed by atoms with van der Waals surface area (Å²) in [4.78, 5) is 168. The van der Waals surface area contributed by atoms with Gasteiger partial charge in [0.15, 0.2) is 0 Å². The number of rotatable bonds is 11. The van der Waals surface area contributed by atoms with E-state index in [2.05, 4.69) is 16.0 Å². The van der Waals surface area contributed by atoms with E-state index >= 15 is 14.4 Å². The Morgan fingerprint density at radius 2 is 1.10 bits per heavy atom. The molecule has 0 unspecified atom stereocenters. The average Bonchev–Trinajstić information content (AvgIpc) is 2.68. The molecule has 0 radical (unpaired) electrons. The van der Waals surface area contributed by atoms with Crippen molar-refractivity contribution in [3.63, 3.8) is 0 Å². The minimum absolute atomic E-state index is 0.0181. The van der Waals surface area contributed by atoms with Gasteiger partial charge in [-0.15, -0.1) is 0 Å². The van der Waals surface area contributed by atoms with E-state index < -0.39 is 157 Å². The minimum atomic E-state index is -4.33. The first kappa shape index (κ1) is 74.4. The molecule has 500 valence electrons. The SMILES string of the molecule is CC[C@H](C)[C@@H]1NC(=O)[C@H](C)N(C)C(=O)C[C@@H](C)NC(=O)[C@H](CC(C)C)N(C)C(=O)[C@H](CC2CCCCC2)N(C)C(=O)[C@@H]2CCCN2C(=O)[C@H](CCC2CCC(C(F)(F)F)CC2)NC(=O)CN(C)C(=O)[C@H]([C@@H](C)CC)N(C)C(=O)CN(C)C(=O)CN(C)C1=O. The molecule has 0 aromatic rings. The second kappa shape index (κ2) is 33.7. The summed E-state index contributed by atoms with van der Waals surface area (Å²) in [5.74, 6) is -9.07. The van der Waals surface area contributed by atoms with Crippen molar-refractivity contribution in [2.45, 2.75) is 225 Å². The molecule has 0 aromatic heterocycles. The number of amides is 11. The fourth-order valence-corrected chi connectivity index (χ4v) is 12.9. The van der Waals surface area contributed by atoms with Gasteiger partial charge >= 0.3 is 6.18 Å². The predicted molar refractivity (Wildman–Crippen MR) is 326 cm³/mol. The van der Waals surface area contributed by atoms with Crippen LogP contribution in [0.15, 0.2) is 0 Å². The Morgan fingerprint density at radius 1 is 0.523 bits per heavy atom. The third kappa shape index (κ3) is 20.2. The number of hydrogen-bond acceptors (Lipinski definition) is 11. The van der Waals surface area contributed by atoms with E-state index in [1.165, 1.54) is 80.8 Å². The van der Waals surface area contributed by atoms with Crippen LogP contribution in [0.3, 0.4) is 0 Å². The first-order valence-corrected chi connectivity index (χ1v) is 32.2. The summed E-state index contributed by atoms with van der Waals surface area (Å²) in [6.45, 7) is 12.7.